The highest BCUT2D eigenvalue weighted by Gasteiger charge is 2.09. The van der Waals surface area contributed by atoms with Crippen molar-refractivity contribution in [3.05, 3.63) is 76.1 Å². The third-order valence-corrected chi connectivity index (χ3v) is 4.34. The summed E-state index contributed by atoms with van der Waals surface area (Å²) in [6.45, 7) is 5.47. The van der Waals surface area contributed by atoms with Crippen LogP contribution < -0.4 is 10.9 Å². The third kappa shape index (κ3) is 6.27. The summed E-state index contributed by atoms with van der Waals surface area (Å²) in [4.78, 5) is 27.5. The van der Waals surface area contributed by atoms with Gasteiger partial charge in [0.1, 0.15) is 0 Å². The Morgan fingerprint density at radius 2 is 1.90 bits per heavy atom. The van der Waals surface area contributed by atoms with Crippen LogP contribution in [-0.2, 0) is 27.3 Å². The van der Waals surface area contributed by atoms with Crippen LogP contribution in [0.2, 0.25) is 0 Å². The Bertz CT molecular complexity index is 1030. The van der Waals surface area contributed by atoms with Crippen LogP contribution in [-0.4, -0.2) is 30.2 Å². The van der Waals surface area contributed by atoms with Crippen molar-refractivity contribution in [3.8, 4) is 0 Å². The van der Waals surface area contributed by atoms with Crippen molar-refractivity contribution < 1.29 is 14.3 Å². The second-order valence-corrected chi connectivity index (χ2v) is 7.11. The van der Waals surface area contributed by atoms with Crippen molar-refractivity contribution in [2.45, 2.75) is 33.0 Å². The van der Waals surface area contributed by atoms with Gasteiger partial charge in [-0.15, -0.1) is 0 Å². The lowest BCUT2D eigenvalue weighted by Gasteiger charge is -2.10. The van der Waals surface area contributed by atoms with E-state index >= 15 is 0 Å². The van der Waals surface area contributed by atoms with Gasteiger partial charge in [0.25, 0.3) is 5.56 Å². The number of pyridine rings is 1. The SMILES string of the molecule is CC(C)OCCOCc1cccc(NC(=O)Cc2cc3ccccc3[nH]c2=O)c1. The first-order chi connectivity index (χ1) is 14.0. The molecule has 2 aromatic carbocycles. The van der Waals surface area contributed by atoms with Crippen LogP contribution in [0.3, 0.4) is 0 Å². The number of amides is 1. The minimum Gasteiger partial charge on any atom is -0.376 e. The fourth-order valence-corrected chi connectivity index (χ4v) is 2.97. The lowest BCUT2D eigenvalue weighted by molar-refractivity contribution is -0.115. The van der Waals surface area contributed by atoms with E-state index in [1.807, 2.05) is 62.4 Å². The van der Waals surface area contributed by atoms with Crippen LogP contribution in [0.15, 0.2) is 59.4 Å². The van der Waals surface area contributed by atoms with E-state index in [1.54, 1.807) is 6.07 Å². The molecule has 152 valence electrons. The van der Waals surface area contributed by atoms with Gasteiger partial charge in [-0.05, 0) is 49.1 Å². The molecule has 0 unspecified atom stereocenters. The Morgan fingerprint density at radius 1 is 1.07 bits per heavy atom. The van der Waals surface area contributed by atoms with Crippen molar-refractivity contribution in [2.75, 3.05) is 18.5 Å². The predicted octanol–water partition coefficient (Wildman–Crippen LogP) is 3.65. The Kier molecular flexibility index (Phi) is 7.16. The van der Waals surface area contributed by atoms with Gasteiger partial charge in [-0.25, -0.2) is 0 Å². The summed E-state index contributed by atoms with van der Waals surface area (Å²) < 4.78 is 11.0. The van der Waals surface area contributed by atoms with Crippen LogP contribution >= 0.6 is 0 Å². The summed E-state index contributed by atoms with van der Waals surface area (Å²) in [5, 5.41) is 3.75. The number of aromatic amines is 1. The molecule has 0 aliphatic heterocycles. The normalized spacial score (nSPS) is 11.1. The van der Waals surface area contributed by atoms with E-state index in [1.165, 1.54) is 0 Å². The summed E-state index contributed by atoms with van der Waals surface area (Å²) in [7, 11) is 0. The van der Waals surface area contributed by atoms with E-state index < -0.39 is 0 Å². The molecule has 29 heavy (non-hydrogen) atoms. The molecule has 1 amide bonds. The number of ether oxygens (including phenoxy) is 2. The van der Waals surface area contributed by atoms with Crippen LogP contribution in [0.1, 0.15) is 25.0 Å². The van der Waals surface area contributed by atoms with Crippen LogP contribution in [0.25, 0.3) is 10.9 Å². The zero-order valence-corrected chi connectivity index (χ0v) is 16.7. The first kappa shape index (κ1) is 20.8. The third-order valence-electron chi connectivity index (χ3n) is 4.34. The molecule has 0 aliphatic carbocycles. The van der Waals surface area contributed by atoms with E-state index in [0.29, 0.717) is 31.1 Å². The number of para-hydroxylation sites is 1. The fraction of sp³-hybridized carbons (Fsp3) is 0.304. The molecule has 0 spiro atoms. The zero-order valence-electron chi connectivity index (χ0n) is 16.7. The molecule has 6 nitrogen and oxygen atoms in total. The number of rotatable bonds is 9. The summed E-state index contributed by atoms with van der Waals surface area (Å²) >= 11 is 0. The lowest BCUT2D eigenvalue weighted by atomic mass is 10.1. The molecule has 3 aromatic rings. The molecule has 0 bridgehead atoms. The molecule has 3 rings (SSSR count). The molecule has 0 fully saturated rings. The molecule has 0 atom stereocenters. The van der Waals surface area contributed by atoms with Crippen molar-refractivity contribution in [1.29, 1.82) is 0 Å². The van der Waals surface area contributed by atoms with Gasteiger partial charge in [-0.2, -0.15) is 0 Å². The molecule has 0 aliphatic rings. The summed E-state index contributed by atoms with van der Waals surface area (Å²) in [6.07, 6.45) is 0.194. The smallest absolute Gasteiger partial charge is 0.252 e. The van der Waals surface area contributed by atoms with Crippen molar-refractivity contribution in [1.82, 2.24) is 4.98 Å². The number of hydrogen-bond acceptors (Lipinski definition) is 4. The average molecular weight is 394 g/mol. The van der Waals surface area contributed by atoms with Gasteiger partial charge in [-0.1, -0.05) is 30.3 Å². The maximum Gasteiger partial charge on any atom is 0.252 e. The van der Waals surface area contributed by atoms with Gasteiger partial charge in [0.2, 0.25) is 5.91 Å². The Morgan fingerprint density at radius 3 is 2.72 bits per heavy atom. The zero-order chi connectivity index (χ0) is 20.6. The molecular weight excluding hydrogens is 368 g/mol. The molecule has 0 saturated heterocycles. The number of nitrogens with one attached hydrogen (secondary N) is 2. The van der Waals surface area contributed by atoms with Gasteiger partial charge in [0.05, 0.1) is 32.3 Å². The molecule has 6 heteroatoms. The van der Waals surface area contributed by atoms with Gasteiger partial charge < -0.3 is 19.8 Å². The van der Waals surface area contributed by atoms with Gasteiger partial charge in [-0.3, -0.25) is 9.59 Å². The summed E-state index contributed by atoms with van der Waals surface area (Å²) in [6, 6.07) is 16.7. The molecule has 1 heterocycles. The molecule has 0 radical (unpaired) electrons. The van der Waals surface area contributed by atoms with Crippen LogP contribution in [0.4, 0.5) is 5.69 Å². The number of carbonyl (C=O) groups excluding carboxylic acids is 1. The first-order valence-corrected chi connectivity index (χ1v) is 9.70. The number of fused-ring (bicyclic) bond motifs is 1. The van der Waals surface area contributed by atoms with Gasteiger partial charge in [0, 0.05) is 16.8 Å². The Labute approximate surface area is 169 Å². The highest BCUT2D eigenvalue weighted by molar-refractivity contribution is 5.93. The van der Waals surface area contributed by atoms with E-state index in [2.05, 4.69) is 10.3 Å². The second-order valence-electron chi connectivity index (χ2n) is 7.11. The molecule has 1 aromatic heterocycles. The van der Waals surface area contributed by atoms with E-state index in [4.69, 9.17) is 9.47 Å². The monoisotopic (exact) mass is 394 g/mol. The minimum absolute atomic E-state index is 0.00738. The number of benzene rings is 2. The number of aromatic nitrogens is 1. The lowest BCUT2D eigenvalue weighted by Crippen LogP contribution is -2.21. The van der Waals surface area contributed by atoms with Crippen molar-refractivity contribution >= 4 is 22.5 Å². The van der Waals surface area contributed by atoms with E-state index in [9.17, 15) is 9.59 Å². The maximum atomic E-state index is 12.4. The van der Waals surface area contributed by atoms with E-state index in [-0.39, 0.29) is 24.0 Å². The number of hydrogen-bond donors (Lipinski definition) is 2. The minimum atomic E-state index is -0.246. The fourth-order valence-electron chi connectivity index (χ4n) is 2.97. The maximum absolute atomic E-state index is 12.4. The second kappa shape index (κ2) is 10.0. The Hall–Kier alpha value is -2.96. The molecule has 2 N–H and O–H groups in total. The largest absolute Gasteiger partial charge is 0.376 e. The van der Waals surface area contributed by atoms with Crippen LogP contribution in [0, 0.1) is 0 Å². The van der Waals surface area contributed by atoms with E-state index in [0.717, 1.165) is 16.5 Å². The number of carbonyl (C=O) groups is 1. The predicted molar refractivity (Wildman–Crippen MR) is 114 cm³/mol. The van der Waals surface area contributed by atoms with Crippen molar-refractivity contribution in [3.63, 3.8) is 0 Å². The highest BCUT2D eigenvalue weighted by atomic mass is 16.5. The first-order valence-electron chi connectivity index (χ1n) is 9.70. The summed E-state index contributed by atoms with van der Waals surface area (Å²) in [5.74, 6) is -0.241. The van der Waals surface area contributed by atoms with Crippen LogP contribution in [0.5, 0.6) is 0 Å². The molecular formula is C23H26N2O4. The van der Waals surface area contributed by atoms with Gasteiger partial charge >= 0.3 is 0 Å². The van der Waals surface area contributed by atoms with Crippen molar-refractivity contribution in [2.24, 2.45) is 0 Å². The molecule has 0 saturated carbocycles. The standard InChI is InChI=1S/C23H26N2O4/c1-16(2)29-11-10-28-15-17-6-5-8-20(12-17)24-22(26)14-19-13-18-7-3-4-9-21(18)25-23(19)27/h3-9,12-13,16H,10-11,14-15H2,1-2H3,(H,24,26)(H,25,27). The number of H-pyrrole nitrogens is 1. The number of anilines is 1. The summed E-state index contributed by atoms with van der Waals surface area (Å²) in [5.41, 5.74) is 2.58. The van der Waals surface area contributed by atoms with Gasteiger partial charge in [0.15, 0.2) is 0 Å². The average Bonchev–Trinajstić information content (AvgIpc) is 2.68. The highest BCUT2D eigenvalue weighted by Crippen LogP contribution is 2.14. The quantitative estimate of drug-likeness (QED) is 0.543. The Balaban J connectivity index is 1.57. The topological polar surface area (TPSA) is 80.4 Å².